The Balaban J connectivity index is 0.839. The number of carbonyl (C=O) groups is 2. The van der Waals surface area contributed by atoms with Crippen LogP contribution in [-0.4, -0.2) is 149 Å². The second-order valence-corrected chi connectivity index (χ2v) is 19.2. The molecule has 0 aliphatic carbocycles. The maximum Gasteiger partial charge on any atom is 0.241 e. The van der Waals surface area contributed by atoms with Gasteiger partial charge in [-0.25, -0.2) is 8.78 Å². The minimum Gasteiger partial charge on any atom is -0.383 e. The molecule has 2 amide bonds. The van der Waals surface area contributed by atoms with Crippen molar-refractivity contribution in [1.82, 2.24) is 30.4 Å². The lowest BCUT2D eigenvalue weighted by Crippen LogP contribution is -2.59. The van der Waals surface area contributed by atoms with Crippen molar-refractivity contribution in [3.05, 3.63) is 143 Å². The molecular weight excluding hydrogens is 907 g/mol. The normalized spacial score (nSPS) is 17.1. The molecule has 2 aromatic heterocycles. The number of rotatable bonds is 26. The van der Waals surface area contributed by atoms with Crippen molar-refractivity contribution in [3.8, 4) is 11.1 Å². The number of benzene rings is 3. The van der Waals surface area contributed by atoms with E-state index in [0.717, 1.165) is 52.4 Å². The van der Waals surface area contributed by atoms with Gasteiger partial charge in [0, 0.05) is 82.0 Å². The molecule has 380 valence electrons. The molecule has 14 nitrogen and oxygen atoms in total. The van der Waals surface area contributed by atoms with Gasteiger partial charge in [0.05, 0.1) is 75.9 Å². The van der Waals surface area contributed by atoms with Crippen molar-refractivity contribution in [1.29, 1.82) is 0 Å². The predicted octanol–water partition coefficient (Wildman–Crippen LogP) is 6.27. The van der Waals surface area contributed by atoms with Gasteiger partial charge in [-0.2, -0.15) is 0 Å². The summed E-state index contributed by atoms with van der Waals surface area (Å²) in [7, 11) is 3.73. The number of piperazine rings is 1. The summed E-state index contributed by atoms with van der Waals surface area (Å²) >= 11 is 0. The van der Waals surface area contributed by atoms with Gasteiger partial charge in [0.15, 0.2) is 0 Å². The number of aromatic nitrogens is 2. The van der Waals surface area contributed by atoms with E-state index in [-0.39, 0.29) is 40.9 Å². The SMILES string of the molecule is COC[C@H]1CN[C@H](C)CN1CC(=O)N1CC(C)(C)c2nc(CN(C)CCOCCOCCOCCN[C@H](Cc3cccc(F)c3)C(=O)Nc3ccc(-c4ccncc4)cc3)c(Cc3ccc(F)cc3)cc21. The Bertz CT molecular complexity index is 2470. The van der Waals surface area contributed by atoms with Crippen LogP contribution in [0.1, 0.15) is 48.8 Å². The zero-order valence-electron chi connectivity index (χ0n) is 41.8. The summed E-state index contributed by atoms with van der Waals surface area (Å²) in [5.41, 5.74) is 7.66. The number of hydrogen-bond donors (Lipinski definition) is 3. The number of methoxy groups -OCH3 is 1. The van der Waals surface area contributed by atoms with Gasteiger partial charge in [-0.1, -0.05) is 50.2 Å². The fraction of sp³-hybridized carbons (Fsp3) is 0.455. The highest BCUT2D eigenvalue weighted by Gasteiger charge is 2.41. The third-order valence-electron chi connectivity index (χ3n) is 12.9. The number of hydrogen-bond acceptors (Lipinski definition) is 12. The quantitative estimate of drug-likeness (QED) is 0.0539. The lowest BCUT2D eigenvalue weighted by molar-refractivity contribution is -0.121. The van der Waals surface area contributed by atoms with E-state index in [1.54, 1.807) is 43.8 Å². The molecule has 4 heterocycles. The Morgan fingerprint density at radius 2 is 1.58 bits per heavy atom. The van der Waals surface area contributed by atoms with Crippen molar-refractivity contribution in [3.63, 3.8) is 0 Å². The Morgan fingerprint density at radius 3 is 2.30 bits per heavy atom. The second kappa shape index (κ2) is 26.2. The molecule has 16 heteroatoms. The lowest BCUT2D eigenvalue weighted by Gasteiger charge is -2.39. The molecule has 0 radical (unpaired) electrons. The molecule has 1 saturated heterocycles. The summed E-state index contributed by atoms with van der Waals surface area (Å²) in [5, 5.41) is 9.78. The number of amides is 2. The number of likely N-dealkylation sites (N-methyl/N-ethyl adjacent to an activating group) is 1. The molecular formula is C55H70F2N8O6. The van der Waals surface area contributed by atoms with Crippen molar-refractivity contribution in [2.75, 3.05) is 110 Å². The molecule has 3 N–H and O–H groups in total. The molecule has 0 saturated carbocycles. The van der Waals surface area contributed by atoms with Gasteiger partial charge in [-0.3, -0.25) is 29.4 Å². The van der Waals surface area contributed by atoms with E-state index in [2.05, 4.69) is 57.6 Å². The van der Waals surface area contributed by atoms with E-state index in [0.29, 0.717) is 103 Å². The molecule has 0 spiro atoms. The minimum absolute atomic E-state index is 0.0421. The Labute approximate surface area is 417 Å². The summed E-state index contributed by atoms with van der Waals surface area (Å²) in [4.78, 5) is 43.3. The fourth-order valence-electron chi connectivity index (χ4n) is 9.09. The van der Waals surface area contributed by atoms with Crippen LogP contribution in [0.5, 0.6) is 0 Å². The number of nitrogens with one attached hydrogen (secondary N) is 3. The van der Waals surface area contributed by atoms with E-state index in [4.69, 9.17) is 23.9 Å². The average Bonchev–Trinajstić information content (AvgIpc) is 3.62. The van der Waals surface area contributed by atoms with Crippen LogP contribution in [0.3, 0.4) is 0 Å². The molecule has 3 atom stereocenters. The maximum atomic E-state index is 14.1. The second-order valence-electron chi connectivity index (χ2n) is 19.2. The summed E-state index contributed by atoms with van der Waals surface area (Å²) in [6.45, 7) is 13.4. The number of nitrogens with zero attached hydrogens (tertiary/aromatic N) is 5. The number of carbonyl (C=O) groups excluding carboxylic acids is 2. The molecule has 2 aliphatic heterocycles. The molecule has 1 fully saturated rings. The number of ether oxygens (including phenoxy) is 4. The van der Waals surface area contributed by atoms with Crippen molar-refractivity contribution in [2.24, 2.45) is 0 Å². The van der Waals surface area contributed by atoms with Crippen LogP contribution in [-0.2, 0) is 53.3 Å². The zero-order valence-corrected chi connectivity index (χ0v) is 41.8. The van der Waals surface area contributed by atoms with E-state index in [1.165, 1.54) is 24.3 Å². The van der Waals surface area contributed by atoms with Crippen LogP contribution in [0, 0.1) is 11.6 Å². The first-order chi connectivity index (χ1) is 34.3. The maximum absolute atomic E-state index is 14.1. The summed E-state index contributed by atoms with van der Waals surface area (Å²) < 4.78 is 51.0. The summed E-state index contributed by atoms with van der Waals surface area (Å²) in [5.74, 6) is -0.828. The van der Waals surface area contributed by atoms with Crippen molar-refractivity contribution < 1.29 is 37.3 Å². The lowest BCUT2D eigenvalue weighted by atomic mass is 9.90. The van der Waals surface area contributed by atoms with Gasteiger partial charge in [0.2, 0.25) is 11.8 Å². The molecule has 2 aliphatic rings. The molecule has 0 unspecified atom stereocenters. The highest BCUT2D eigenvalue weighted by atomic mass is 19.1. The van der Waals surface area contributed by atoms with Crippen LogP contribution in [0.25, 0.3) is 11.1 Å². The zero-order chi connectivity index (χ0) is 50.2. The Hall–Kier alpha value is -5.56. The number of fused-ring (bicyclic) bond motifs is 1. The first-order valence-corrected chi connectivity index (χ1v) is 24.6. The Morgan fingerprint density at radius 1 is 0.873 bits per heavy atom. The predicted molar refractivity (Wildman–Crippen MR) is 273 cm³/mol. The van der Waals surface area contributed by atoms with Gasteiger partial charge < -0.3 is 39.8 Å². The van der Waals surface area contributed by atoms with Gasteiger partial charge in [0.25, 0.3) is 0 Å². The van der Waals surface area contributed by atoms with Crippen LogP contribution >= 0.6 is 0 Å². The molecule has 71 heavy (non-hydrogen) atoms. The summed E-state index contributed by atoms with van der Waals surface area (Å²) in [6, 6.07) is 26.2. The van der Waals surface area contributed by atoms with Gasteiger partial charge >= 0.3 is 0 Å². The van der Waals surface area contributed by atoms with Crippen molar-refractivity contribution >= 4 is 23.2 Å². The first kappa shape index (κ1) is 53.2. The van der Waals surface area contributed by atoms with Crippen LogP contribution in [0.2, 0.25) is 0 Å². The molecule has 7 rings (SSSR count). The number of halogens is 2. The Kier molecular flexibility index (Phi) is 19.7. The fourth-order valence-corrected chi connectivity index (χ4v) is 9.09. The third-order valence-corrected chi connectivity index (χ3v) is 12.9. The average molecular weight is 977 g/mol. The van der Waals surface area contributed by atoms with E-state index in [9.17, 15) is 18.4 Å². The molecule has 3 aromatic carbocycles. The highest BCUT2D eigenvalue weighted by molar-refractivity contribution is 5.97. The highest BCUT2D eigenvalue weighted by Crippen LogP contribution is 2.41. The van der Waals surface area contributed by atoms with E-state index < -0.39 is 6.04 Å². The monoisotopic (exact) mass is 977 g/mol. The van der Waals surface area contributed by atoms with Crippen LogP contribution in [0.4, 0.5) is 20.2 Å². The topological polar surface area (TPSA) is 143 Å². The smallest absolute Gasteiger partial charge is 0.241 e. The summed E-state index contributed by atoms with van der Waals surface area (Å²) in [6.07, 6.45) is 4.33. The number of pyridine rings is 2. The van der Waals surface area contributed by atoms with Crippen molar-refractivity contribution in [2.45, 2.75) is 63.7 Å². The van der Waals surface area contributed by atoms with E-state index >= 15 is 0 Å². The van der Waals surface area contributed by atoms with Gasteiger partial charge in [-0.15, -0.1) is 0 Å². The minimum atomic E-state index is -0.622. The van der Waals surface area contributed by atoms with Gasteiger partial charge in [0.1, 0.15) is 11.6 Å². The molecule has 5 aromatic rings. The molecule has 0 bridgehead atoms. The largest absolute Gasteiger partial charge is 0.383 e. The van der Waals surface area contributed by atoms with Gasteiger partial charge in [-0.05, 0) is 109 Å². The third kappa shape index (κ3) is 15.7. The van der Waals surface area contributed by atoms with Crippen LogP contribution < -0.4 is 20.9 Å². The first-order valence-electron chi connectivity index (χ1n) is 24.6. The number of anilines is 2. The van der Waals surface area contributed by atoms with Crippen LogP contribution in [0.15, 0.2) is 103 Å². The standard InChI is InChI=1S/C55H70F2N8O6/c1-39-34-64(48(33-60-39)37-68-5)36-52(66)65-38-55(2,3)53-51(65)32-44(29-40-9-13-45(56)14-10-40)50(62-53)35-63(4)22-24-70-26-28-71-27-25-69-23-21-59-49(31-41-7-6-8-46(57)30-41)54(67)61-47-15-11-42(12-16-47)43-17-19-58-20-18-43/h6-20,30,32,39,48-49,59-60H,21-29,31,33-38H2,1-5H3,(H,61,67)/t39-,48-,49-/m1/s1. The van der Waals surface area contributed by atoms with E-state index in [1.807, 2.05) is 48.3 Å².